The summed E-state index contributed by atoms with van der Waals surface area (Å²) < 4.78 is 24.1. The molecule has 1 aromatic carbocycles. The second-order valence-electron chi connectivity index (χ2n) is 6.67. The maximum absolute atomic E-state index is 5.88. The van der Waals surface area contributed by atoms with Gasteiger partial charge in [0.15, 0.2) is 17.1 Å². The summed E-state index contributed by atoms with van der Waals surface area (Å²) in [6.45, 7) is 1.30. The normalized spacial score (nSPS) is 16.4. The Morgan fingerprint density at radius 1 is 1.17 bits per heavy atom. The van der Waals surface area contributed by atoms with Gasteiger partial charge in [0, 0.05) is 24.4 Å². The van der Waals surface area contributed by atoms with Crippen molar-refractivity contribution in [3.8, 4) is 34.5 Å². The fourth-order valence-corrected chi connectivity index (χ4v) is 3.33. The average molecular weight is 393 g/mol. The molecular formula is C20H19N5O4. The van der Waals surface area contributed by atoms with Crippen molar-refractivity contribution in [2.45, 2.75) is 18.9 Å². The maximum atomic E-state index is 5.88. The highest BCUT2D eigenvalue weighted by Gasteiger charge is 2.19. The molecule has 5 rings (SSSR count). The molecule has 3 aromatic heterocycles. The smallest absolute Gasteiger partial charge is 0.277 e. The van der Waals surface area contributed by atoms with Crippen LogP contribution in [0.4, 0.5) is 0 Å². The SMILES string of the molecule is COc1cc(-c2noc(-c3ccnc4ccnn34)n2)ccc1OCC1CCCO1. The van der Waals surface area contributed by atoms with Crippen LogP contribution in [0.1, 0.15) is 12.8 Å². The van der Waals surface area contributed by atoms with Gasteiger partial charge in [-0.25, -0.2) is 9.50 Å². The molecule has 0 spiro atoms. The second-order valence-corrected chi connectivity index (χ2v) is 6.67. The molecule has 4 aromatic rings. The van der Waals surface area contributed by atoms with Crippen LogP contribution in [0, 0.1) is 0 Å². The minimum Gasteiger partial charge on any atom is -0.493 e. The van der Waals surface area contributed by atoms with Gasteiger partial charge in [0.1, 0.15) is 12.3 Å². The highest BCUT2D eigenvalue weighted by atomic mass is 16.5. The largest absolute Gasteiger partial charge is 0.493 e. The van der Waals surface area contributed by atoms with Crippen molar-refractivity contribution in [2.24, 2.45) is 0 Å². The first-order valence-electron chi connectivity index (χ1n) is 9.37. The third-order valence-electron chi connectivity index (χ3n) is 4.81. The van der Waals surface area contributed by atoms with Crippen molar-refractivity contribution in [1.82, 2.24) is 24.7 Å². The highest BCUT2D eigenvalue weighted by Crippen LogP contribution is 2.33. The molecule has 0 N–H and O–H groups in total. The first kappa shape index (κ1) is 17.6. The number of hydrogen-bond donors (Lipinski definition) is 0. The van der Waals surface area contributed by atoms with E-state index in [0.29, 0.717) is 41.2 Å². The van der Waals surface area contributed by atoms with Crippen LogP contribution >= 0.6 is 0 Å². The van der Waals surface area contributed by atoms with E-state index in [1.54, 1.807) is 36.2 Å². The summed E-state index contributed by atoms with van der Waals surface area (Å²) in [6, 6.07) is 9.13. The topological polar surface area (TPSA) is 96.8 Å². The molecule has 0 bridgehead atoms. The molecule has 0 aliphatic carbocycles. The van der Waals surface area contributed by atoms with Gasteiger partial charge in [-0.1, -0.05) is 5.16 Å². The van der Waals surface area contributed by atoms with E-state index >= 15 is 0 Å². The summed E-state index contributed by atoms with van der Waals surface area (Å²) in [7, 11) is 1.60. The molecule has 29 heavy (non-hydrogen) atoms. The lowest BCUT2D eigenvalue weighted by Gasteiger charge is -2.14. The van der Waals surface area contributed by atoms with Crippen molar-refractivity contribution in [2.75, 3.05) is 20.3 Å². The second kappa shape index (κ2) is 7.51. The molecule has 1 aliphatic rings. The molecule has 4 heterocycles. The third kappa shape index (κ3) is 3.40. The molecule has 0 radical (unpaired) electrons. The minimum atomic E-state index is 0.138. The number of aromatic nitrogens is 5. The zero-order chi connectivity index (χ0) is 19.6. The van der Waals surface area contributed by atoms with Crippen LogP contribution in [-0.2, 0) is 4.74 Å². The fraction of sp³-hybridized carbons (Fsp3) is 0.300. The first-order valence-corrected chi connectivity index (χ1v) is 9.37. The third-order valence-corrected chi connectivity index (χ3v) is 4.81. The molecule has 0 amide bonds. The Morgan fingerprint density at radius 2 is 2.14 bits per heavy atom. The number of ether oxygens (including phenoxy) is 3. The van der Waals surface area contributed by atoms with Crippen molar-refractivity contribution >= 4 is 5.65 Å². The molecule has 1 aliphatic heterocycles. The predicted molar refractivity (Wildman–Crippen MR) is 103 cm³/mol. The summed E-state index contributed by atoms with van der Waals surface area (Å²) in [5.74, 6) is 2.06. The van der Waals surface area contributed by atoms with Gasteiger partial charge < -0.3 is 18.7 Å². The van der Waals surface area contributed by atoms with Gasteiger partial charge in [-0.2, -0.15) is 10.1 Å². The molecule has 148 valence electrons. The van der Waals surface area contributed by atoms with E-state index in [0.717, 1.165) is 25.0 Å². The molecule has 1 atom stereocenters. The van der Waals surface area contributed by atoms with Crippen molar-refractivity contribution < 1.29 is 18.7 Å². The van der Waals surface area contributed by atoms with Crippen molar-refractivity contribution in [3.05, 3.63) is 42.7 Å². The van der Waals surface area contributed by atoms with E-state index in [9.17, 15) is 0 Å². The fourth-order valence-electron chi connectivity index (χ4n) is 3.33. The number of fused-ring (bicyclic) bond motifs is 1. The number of nitrogens with zero attached hydrogens (tertiary/aromatic N) is 5. The molecular weight excluding hydrogens is 374 g/mol. The van der Waals surface area contributed by atoms with Gasteiger partial charge in [-0.05, 0) is 37.1 Å². The minimum absolute atomic E-state index is 0.138. The van der Waals surface area contributed by atoms with Gasteiger partial charge >= 0.3 is 0 Å². The van der Waals surface area contributed by atoms with Gasteiger partial charge in [0.25, 0.3) is 5.89 Å². The Kier molecular flexibility index (Phi) is 4.57. The van der Waals surface area contributed by atoms with Crippen LogP contribution < -0.4 is 9.47 Å². The number of benzene rings is 1. The zero-order valence-electron chi connectivity index (χ0n) is 15.8. The standard InChI is InChI=1S/C20H19N5O4/c1-26-17-11-13(4-5-16(17)28-12-14-3-2-10-27-14)19-23-20(29-24-19)15-6-8-21-18-7-9-22-25(15)18/h4-9,11,14H,2-3,10,12H2,1H3. The maximum Gasteiger partial charge on any atom is 0.277 e. The first-order chi connectivity index (χ1) is 14.3. The lowest BCUT2D eigenvalue weighted by Crippen LogP contribution is -2.16. The quantitative estimate of drug-likeness (QED) is 0.493. The Morgan fingerprint density at radius 3 is 3.00 bits per heavy atom. The van der Waals surface area contributed by atoms with Crippen molar-refractivity contribution in [1.29, 1.82) is 0 Å². The predicted octanol–water partition coefficient (Wildman–Crippen LogP) is 3.01. The zero-order valence-corrected chi connectivity index (χ0v) is 15.8. The van der Waals surface area contributed by atoms with E-state index in [4.69, 9.17) is 18.7 Å². The average Bonchev–Trinajstić information content (AvgIpc) is 3.53. The summed E-state index contributed by atoms with van der Waals surface area (Å²) in [5.41, 5.74) is 2.13. The summed E-state index contributed by atoms with van der Waals surface area (Å²) in [6.07, 6.45) is 5.58. The van der Waals surface area contributed by atoms with Gasteiger partial charge in [-0.15, -0.1) is 0 Å². The Bertz CT molecular complexity index is 1130. The van der Waals surface area contributed by atoms with Crippen molar-refractivity contribution in [3.63, 3.8) is 0 Å². The van der Waals surface area contributed by atoms with E-state index in [1.165, 1.54) is 0 Å². The Balaban J connectivity index is 1.40. The van der Waals surface area contributed by atoms with Crippen LogP contribution in [0.15, 0.2) is 47.2 Å². The van der Waals surface area contributed by atoms with Crippen LogP contribution in [0.25, 0.3) is 28.6 Å². The van der Waals surface area contributed by atoms with Gasteiger partial charge in [-0.3, -0.25) is 0 Å². The van der Waals surface area contributed by atoms with E-state index < -0.39 is 0 Å². The van der Waals surface area contributed by atoms with E-state index in [2.05, 4.69) is 20.2 Å². The Hall–Kier alpha value is -3.46. The molecule has 9 heteroatoms. The molecule has 0 saturated carbocycles. The summed E-state index contributed by atoms with van der Waals surface area (Å²) >= 11 is 0. The van der Waals surface area contributed by atoms with Crippen LogP contribution in [0.5, 0.6) is 11.5 Å². The Labute approximate surface area is 166 Å². The molecule has 1 unspecified atom stereocenters. The van der Waals surface area contributed by atoms with Gasteiger partial charge in [0.05, 0.1) is 19.4 Å². The van der Waals surface area contributed by atoms with Crippen LogP contribution in [0.3, 0.4) is 0 Å². The number of methoxy groups -OCH3 is 1. The number of rotatable bonds is 6. The van der Waals surface area contributed by atoms with Crippen LogP contribution in [-0.4, -0.2) is 51.2 Å². The highest BCUT2D eigenvalue weighted by molar-refractivity contribution is 5.63. The number of hydrogen-bond acceptors (Lipinski definition) is 8. The summed E-state index contributed by atoms with van der Waals surface area (Å²) in [4.78, 5) is 8.75. The monoisotopic (exact) mass is 393 g/mol. The molecule has 1 fully saturated rings. The summed E-state index contributed by atoms with van der Waals surface area (Å²) in [5, 5.41) is 8.35. The van der Waals surface area contributed by atoms with Crippen LogP contribution in [0.2, 0.25) is 0 Å². The molecule has 9 nitrogen and oxygen atoms in total. The lowest BCUT2D eigenvalue weighted by atomic mass is 10.2. The van der Waals surface area contributed by atoms with Gasteiger partial charge in [0.2, 0.25) is 5.82 Å². The molecule has 1 saturated heterocycles. The van der Waals surface area contributed by atoms with E-state index in [1.807, 2.05) is 18.2 Å². The van der Waals surface area contributed by atoms with E-state index in [-0.39, 0.29) is 6.10 Å². The lowest BCUT2D eigenvalue weighted by molar-refractivity contribution is 0.0670.